The third kappa shape index (κ3) is 4.23. The van der Waals surface area contributed by atoms with Gasteiger partial charge >= 0.3 is 0 Å². The van der Waals surface area contributed by atoms with Crippen LogP contribution in [0.2, 0.25) is 0 Å². The van der Waals surface area contributed by atoms with E-state index in [0.717, 1.165) is 15.6 Å². The van der Waals surface area contributed by atoms with Gasteiger partial charge in [-0.3, -0.25) is 9.59 Å². The van der Waals surface area contributed by atoms with Crippen LogP contribution in [0.5, 0.6) is 5.75 Å². The minimum atomic E-state index is -0.748. The normalized spacial score (nSPS) is 15.8. The highest BCUT2D eigenvalue weighted by molar-refractivity contribution is 9.10. The molecule has 4 aromatic rings. The first-order chi connectivity index (χ1) is 17.0. The molecule has 1 unspecified atom stereocenters. The molecule has 5 rings (SSSR count). The Labute approximate surface area is 210 Å². The van der Waals surface area contributed by atoms with Gasteiger partial charge < -0.3 is 19.2 Å². The van der Waals surface area contributed by atoms with E-state index in [9.17, 15) is 14.7 Å². The predicted octanol–water partition coefficient (Wildman–Crippen LogP) is 6.02. The zero-order valence-electron chi connectivity index (χ0n) is 18.9. The van der Waals surface area contributed by atoms with E-state index < -0.39 is 23.5 Å². The number of carbonyl (C=O) groups excluding carboxylic acids is 2. The standard InChI is InChI=1S/C28H22BrNO5/c1-34-21-9-5-8-19-16-22(35-27(19)21)25(31)23-24(18-10-12-20(29)13-11-18)30(28(33)26(23)32)15-14-17-6-3-2-4-7-17/h2-13,16,24,32H,14-15H2,1H3. The number of halogens is 1. The molecule has 0 fully saturated rings. The van der Waals surface area contributed by atoms with E-state index in [0.29, 0.717) is 29.7 Å². The number of rotatable bonds is 7. The molecule has 0 aliphatic carbocycles. The summed E-state index contributed by atoms with van der Waals surface area (Å²) in [4.78, 5) is 28.4. The molecule has 7 heteroatoms. The van der Waals surface area contributed by atoms with Crippen LogP contribution in [0.15, 0.2) is 99.1 Å². The fourth-order valence-electron chi connectivity index (χ4n) is 4.44. The lowest BCUT2D eigenvalue weighted by molar-refractivity contribution is -0.129. The number of Topliss-reactive ketones (excluding diaryl/α,β-unsaturated/α-hetero) is 1. The van der Waals surface area contributed by atoms with Crippen molar-refractivity contribution in [1.82, 2.24) is 4.90 Å². The molecular formula is C28H22BrNO5. The Morgan fingerprint density at radius 2 is 1.80 bits per heavy atom. The van der Waals surface area contributed by atoms with Crippen LogP contribution < -0.4 is 4.74 Å². The Morgan fingerprint density at radius 1 is 1.06 bits per heavy atom. The summed E-state index contributed by atoms with van der Waals surface area (Å²) in [6.45, 7) is 0.332. The molecule has 0 saturated carbocycles. The molecular weight excluding hydrogens is 510 g/mol. The van der Waals surface area contributed by atoms with Gasteiger partial charge in [0.2, 0.25) is 5.78 Å². The van der Waals surface area contributed by atoms with Gasteiger partial charge in [0.15, 0.2) is 22.9 Å². The quantitative estimate of drug-likeness (QED) is 0.294. The van der Waals surface area contributed by atoms with E-state index in [1.54, 1.807) is 23.1 Å². The van der Waals surface area contributed by atoms with Crippen LogP contribution in [-0.4, -0.2) is 35.4 Å². The van der Waals surface area contributed by atoms with Gasteiger partial charge in [0.25, 0.3) is 5.91 Å². The Morgan fingerprint density at radius 3 is 2.51 bits per heavy atom. The van der Waals surface area contributed by atoms with Crippen LogP contribution >= 0.6 is 15.9 Å². The van der Waals surface area contributed by atoms with Gasteiger partial charge in [-0.15, -0.1) is 0 Å². The van der Waals surface area contributed by atoms with E-state index in [-0.39, 0.29) is 11.3 Å². The smallest absolute Gasteiger partial charge is 0.290 e. The molecule has 1 amide bonds. The number of fused-ring (bicyclic) bond motifs is 1. The average molecular weight is 532 g/mol. The summed E-state index contributed by atoms with van der Waals surface area (Å²) >= 11 is 3.43. The maximum Gasteiger partial charge on any atom is 0.290 e. The maximum absolute atomic E-state index is 13.7. The number of carbonyl (C=O) groups is 2. The third-order valence-electron chi connectivity index (χ3n) is 6.17. The van der Waals surface area contributed by atoms with E-state index in [1.165, 1.54) is 7.11 Å². The van der Waals surface area contributed by atoms with Gasteiger partial charge in [0.1, 0.15) is 0 Å². The van der Waals surface area contributed by atoms with Gasteiger partial charge in [-0.05, 0) is 41.8 Å². The molecule has 176 valence electrons. The number of aliphatic hydroxyl groups is 1. The predicted molar refractivity (Wildman–Crippen MR) is 135 cm³/mol. The van der Waals surface area contributed by atoms with Crippen molar-refractivity contribution in [1.29, 1.82) is 0 Å². The summed E-state index contributed by atoms with van der Waals surface area (Å²) in [6.07, 6.45) is 0.580. The number of methoxy groups -OCH3 is 1. The number of furan rings is 1. The lowest BCUT2D eigenvalue weighted by Crippen LogP contribution is -2.33. The lowest BCUT2D eigenvalue weighted by Gasteiger charge is -2.26. The molecule has 1 atom stereocenters. The molecule has 0 radical (unpaired) electrons. The van der Waals surface area contributed by atoms with Crippen molar-refractivity contribution in [2.75, 3.05) is 13.7 Å². The van der Waals surface area contributed by atoms with Crippen LogP contribution in [-0.2, 0) is 11.2 Å². The number of para-hydroxylation sites is 1. The van der Waals surface area contributed by atoms with Crippen LogP contribution in [0.3, 0.4) is 0 Å². The summed E-state index contributed by atoms with van der Waals surface area (Å²) in [7, 11) is 1.52. The van der Waals surface area contributed by atoms with Crippen molar-refractivity contribution >= 4 is 38.6 Å². The average Bonchev–Trinajstić information content (AvgIpc) is 3.43. The molecule has 1 N–H and O–H groups in total. The largest absolute Gasteiger partial charge is 0.503 e. The van der Waals surface area contributed by atoms with E-state index in [1.807, 2.05) is 60.7 Å². The van der Waals surface area contributed by atoms with Gasteiger partial charge in [-0.25, -0.2) is 0 Å². The number of aliphatic hydroxyl groups excluding tert-OH is 1. The highest BCUT2D eigenvalue weighted by Crippen LogP contribution is 2.40. The van der Waals surface area contributed by atoms with Crippen molar-refractivity contribution in [3.63, 3.8) is 0 Å². The number of ether oxygens (including phenoxy) is 1. The first kappa shape index (κ1) is 22.9. The number of hydrogen-bond acceptors (Lipinski definition) is 5. The van der Waals surface area contributed by atoms with Gasteiger partial charge in [0, 0.05) is 16.4 Å². The molecule has 1 aliphatic heterocycles. The summed E-state index contributed by atoms with van der Waals surface area (Å²) in [5.41, 5.74) is 2.21. The minimum Gasteiger partial charge on any atom is -0.503 e. The number of hydrogen-bond donors (Lipinski definition) is 1. The van der Waals surface area contributed by atoms with Crippen LogP contribution in [0.1, 0.15) is 27.7 Å². The van der Waals surface area contributed by atoms with Crippen molar-refractivity contribution < 1.29 is 23.8 Å². The fourth-order valence-corrected chi connectivity index (χ4v) is 4.71. The minimum absolute atomic E-state index is 0.00315. The third-order valence-corrected chi connectivity index (χ3v) is 6.70. The topological polar surface area (TPSA) is 80.0 Å². The Balaban J connectivity index is 1.55. The van der Waals surface area contributed by atoms with Crippen LogP contribution in [0.4, 0.5) is 0 Å². The van der Waals surface area contributed by atoms with E-state index in [2.05, 4.69) is 15.9 Å². The van der Waals surface area contributed by atoms with E-state index >= 15 is 0 Å². The highest BCUT2D eigenvalue weighted by Gasteiger charge is 2.44. The van der Waals surface area contributed by atoms with Crippen molar-refractivity contribution in [2.45, 2.75) is 12.5 Å². The summed E-state index contributed by atoms with van der Waals surface area (Å²) in [5.74, 6) is -1.14. The summed E-state index contributed by atoms with van der Waals surface area (Å²) < 4.78 is 12.1. The lowest BCUT2D eigenvalue weighted by atomic mass is 9.95. The summed E-state index contributed by atoms with van der Waals surface area (Å²) in [5, 5.41) is 11.6. The molecule has 6 nitrogen and oxygen atoms in total. The van der Waals surface area contributed by atoms with Crippen molar-refractivity contribution in [2.24, 2.45) is 0 Å². The van der Waals surface area contributed by atoms with Crippen LogP contribution in [0, 0.1) is 0 Å². The Hall–Kier alpha value is -3.84. The number of nitrogens with zero attached hydrogens (tertiary/aromatic N) is 1. The zero-order chi connectivity index (χ0) is 24.5. The maximum atomic E-state index is 13.7. The first-order valence-corrected chi connectivity index (χ1v) is 11.9. The second kappa shape index (κ2) is 9.43. The van der Waals surface area contributed by atoms with Crippen molar-refractivity contribution in [3.05, 3.63) is 112 Å². The van der Waals surface area contributed by atoms with E-state index in [4.69, 9.17) is 9.15 Å². The molecule has 0 bridgehead atoms. The Bertz CT molecular complexity index is 1440. The van der Waals surface area contributed by atoms with Gasteiger partial charge in [0.05, 0.1) is 18.7 Å². The second-order valence-corrected chi connectivity index (χ2v) is 9.18. The molecule has 2 heterocycles. The van der Waals surface area contributed by atoms with Gasteiger partial charge in [-0.1, -0.05) is 70.5 Å². The highest BCUT2D eigenvalue weighted by atomic mass is 79.9. The SMILES string of the molecule is COc1cccc2cc(C(=O)C3=C(O)C(=O)N(CCc4ccccc4)C3c3ccc(Br)cc3)oc12. The zero-order valence-corrected chi connectivity index (χ0v) is 20.5. The molecule has 0 spiro atoms. The molecule has 3 aromatic carbocycles. The molecule has 1 aliphatic rings. The summed E-state index contributed by atoms with van der Waals surface area (Å²) in [6, 6.07) is 23.4. The molecule has 35 heavy (non-hydrogen) atoms. The number of ketones is 1. The monoisotopic (exact) mass is 531 g/mol. The van der Waals surface area contributed by atoms with Crippen LogP contribution in [0.25, 0.3) is 11.0 Å². The Kier molecular flexibility index (Phi) is 6.17. The molecule has 0 saturated heterocycles. The first-order valence-electron chi connectivity index (χ1n) is 11.1. The fraction of sp³-hybridized carbons (Fsp3) is 0.143. The second-order valence-electron chi connectivity index (χ2n) is 8.27. The van der Waals surface area contributed by atoms with Crippen molar-refractivity contribution in [3.8, 4) is 5.75 Å². The number of amides is 1. The van der Waals surface area contributed by atoms with Gasteiger partial charge in [-0.2, -0.15) is 0 Å². The molecule has 1 aromatic heterocycles. The number of benzene rings is 3.